The Morgan fingerprint density at radius 3 is 2.54 bits per heavy atom. The molecule has 1 aliphatic rings. The normalized spacial score (nSPS) is 18.8. The van der Waals surface area contributed by atoms with Gasteiger partial charge in [0, 0.05) is 0 Å². The molecule has 1 saturated heterocycles. The largest absolute Gasteiger partial charge is 0.497 e. The van der Waals surface area contributed by atoms with Gasteiger partial charge >= 0.3 is 0 Å². The zero-order valence-electron chi connectivity index (χ0n) is 14.8. The van der Waals surface area contributed by atoms with Crippen LogP contribution in [0.25, 0.3) is 0 Å². The molecule has 0 aliphatic carbocycles. The Morgan fingerprint density at radius 1 is 1.15 bits per heavy atom. The summed E-state index contributed by atoms with van der Waals surface area (Å²) < 4.78 is 5.18. The van der Waals surface area contributed by atoms with Crippen molar-refractivity contribution in [2.75, 3.05) is 7.11 Å². The summed E-state index contributed by atoms with van der Waals surface area (Å²) in [5, 5.41) is 9.03. The minimum atomic E-state index is -0.0982. The maximum atomic E-state index is 12.7. The van der Waals surface area contributed by atoms with Crippen LogP contribution in [-0.2, 0) is 11.3 Å². The van der Waals surface area contributed by atoms with E-state index in [0.717, 1.165) is 23.3 Å². The predicted molar refractivity (Wildman–Crippen MR) is 107 cm³/mol. The second-order valence-corrected chi connectivity index (χ2v) is 6.99. The Kier molecular flexibility index (Phi) is 6.07. The van der Waals surface area contributed by atoms with Crippen molar-refractivity contribution >= 4 is 29.1 Å². The third kappa shape index (κ3) is 4.32. The van der Waals surface area contributed by atoms with Gasteiger partial charge < -0.3 is 4.74 Å². The highest BCUT2D eigenvalue weighted by molar-refractivity contribution is 8.15. The Morgan fingerprint density at radius 2 is 1.88 bits per heavy atom. The highest BCUT2D eigenvalue weighted by atomic mass is 32.2. The molecule has 0 spiro atoms. The quantitative estimate of drug-likeness (QED) is 0.574. The number of rotatable bonds is 6. The van der Waals surface area contributed by atoms with Crippen molar-refractivity contribution < 1.29 is 9.53 Å². The number of hydrogen-bond donors (Lipinski definition) is 0. The lowest BCUT2D eigenvalue weighted by Gasteiger charge is -2.16. The highest BCUT2D eigenvalue weighted by Gasteiger charge is 2.36. The summed E-state index contributed by atoms with van der Waals surface area (Å²) in [6.07, 6.45) is 2.47. The second-order valence-electron chi connectivity index (χ2n) is 5.83. The van der Waals surface area contributed by atoms with E-state index in [2.05, 4.69) is 10.2 Å². The van der Waals surface area contributed by atoms with Crippen LogP contribution in [0.4, 0.5) is 0 Å². The van der Waals surface area contributed by atoms with Gasteiger partial charge in [-0.15, -0.1) is 5.10 Å². The topological polar surface area (TPSA) is 54.3 Å². The molecule has 0 aromatic heterocycles. The molecule has 134 valence electrons. The fourth-order valence-electron chi connectivity index (χ4n) is 2.59. The summed E-state index contributed by atoms with van der Waals surface area (Å²) in [6, 6.07) is 17.5. The maximum Gasteiger partial charge on any atom is 0.242 e. The summed E-state index contributed by atoms with van der Waals surface area (Å²) >= 11 is 1.48. The van der Waals surface area contributed by atoms with E-state index in [9.17, 15) is 4.79 Å². The van der Waals surface area contributed by atoms with Gasteiger partial charge in [0.15, 0.2) is 5.17 Å². The molecular formula is C20H21N3O2S. The first-order valence-corrected chi connectivity index (χ1v) is 9.36. The molecule has 1 amide bonds. The van der Waals surface area contributed by atoms with E-state index in [1.807, 2.05) is 61.5 Å². The Bertz CT molecular complexity index is 804. The smallest absolute Gasteiger partial charge is 0.242 e. The number of methoxy groups -OCH3 is 1. The van der Waals surface area contributed by atoms with E-state index < -0.39 is 0 Å². The van der Waals surface area contributed by atoms with Crippen LogP contribution in [0.5, 0.6) is 5.75 Å². The van der Waals surface area contributed by atoms with Crippen molar-refractivity contribution in [3.63, 3.8) is 0 Å². The molecule has 0 radical (unpaired) electrons. The van der Waals surface area contributed by atoms with Crippen LogP contribution in [0.2, 0.25) is 0 Å². The number of thioether (sulfide) groups is 1. The monoisotopic (exact) mass is 367 g/mol. The Labute approximate surface area is 157 Å². The molecule has 6 heteroatoms. The van der Waals surface area contributed by atoms with Crippen molar-refractivity contribution in [3.8, 4) is 5.75 Å². The van der Waals surface area contributed by atoms with Crippen molar-refractivity contribution in [2.45, 2.75) is 25.1 Å². The number of hydrogen-bond acceptors (Lipinski definition) is 5. The van der Waals surface area contributed by atoms with E-state index in [0.29, 0.717) is 11.7 Å². The molecule has 3 rings (SSSR count). The summed E-state index contributed by atoms with van der Waals surface area (Å²) in [5.41, 5.74) is 2.00. The van der Waals surface area contributed by atoms with E-state index in [1.54, 1.807) is 18.2 Å². The molecule has 1 fully saturated rings. The summed E-state index contributed by atoms with van der Waals surface area (Å²) in [6.45, 7) is 2.49. The molecule has 26 heavy (non-hydrogen) atoms. The molecule has 2 aromatic rings. The Balaban J connectivity index is 1.78. The molecule has 0 bridgehead atoms. The highest BCUT2D eigenvalue weighted by Crippen LogP contribution is 2.31. The van der Waals surface area contributed by atoms with Crippen LogP contribution >= 0.6 is 11.8 Å². The average Bonchev–Trinajstić information content (AvgIpc) is 2.98. The summed E-state index contributed by atoms with van der Waals surface area (Å²) in [5.74, 6) is 0.880. The molecule has 0 saturated carbocycles. The molecule has 1 atom stereocenters. The molecule has 2 aromatic carbocycles. The van der Waals surface area contributed by atoms with Gasteiger partial charge in [0.1, 0.15) is 5.75 Å². The van der Waals surface area contributed by atoms with Gasteiger partial charge in [-0.2, -0.15) is 5.10 Å². The van der Waals surface area contributed by atoms with E-state index in [4.69, 9.17) is 4.74 Å². The predicted octanol–water partition coefficient (Wildman–Crippen LogP) is 3.94. The summed E-state index contributed by atoms with van der Waals surface area (Å²) in [7, 11) is 1.64. The number of ether oxygens (including phenoxy) is 1. The molecule has 0 unspecified atom stereocenters. The minimum Gasteiger partial charge on any atom is -0.497 e. The summed E-state index contributed by atoms with van der Waals surface area (Å²) in [4.78, 5) is 14.4. The zero-order chi connectivity index (χ0) is 18.4. The SMILES string of the molecule is CC[C@H]1S/C(=N\N=C/c2ccccc2)N(Cc2ccc(OC)cc2)C1=O. The van der Waals surface area contributed by atoms with Gasteiger partial charge in [-0.3, -0.25) is 9.69 Å². The molecule has 0 N–H and O–H groups in total. The minimum absolute atomic E-state index is 0.0852. The van der Waals surface area contributed by atoms with Gasteiger partial charge in [-0.05, 0) is 29.7 Å². The van der Waals surface area contributed by atoms with E-state index in [-0.39, 0.29) is 11.2 Å². The van der Waals surface area contributed by atoms with E-state index >= 15 is 0 Å². The zero-order valence-corrected chi connectivity index (χ0v) is 15.6. The fraction of sp³-hybridized carbons (Fsp3) is 0.250. The van der Waals surface area contributed by atoms with Crippen LogP contribution in [0.1, 0.15) is 24.5 Å². The Hall–Kier alpha value is -2.60. The first-order valence-electron chi connectivity index (χ1n) is 8.48. The van der Waals surface area contributed by atoms with Gasteiger partial charge in [0.2, 0.25) is 5.91 Å². The number of amides is 1. The van der Waals surface area contributed by atoms with Crippen LogP contribution < -0.4 is 4.74 Å². The van der Waals surface area contributed by atoms with Crippen molar-refractivity contribution in [1.29, 1.82) is 0 Å². The van der Waals surface area contributed by atoms with E-state index in [1.165, 1.54) is 11.8 Å². The number of carbonyl (C=O) groups excluding carboxylic acids is 1. The first-order chi connectivity index (χ1) is 12.7. The van der Waals surface area contributed by atoms with Crippen molar-refractivity contribution in [3.05, 3.63) is 65.7 Å². The van der Waals surface area contributed by atoms with Crippen molar-refractivity contribution in [2.24, 2.45) is 10.2 Å². The van der Waals surface area contributed by atoms with Gasteiger partial charge in [0.05, 0.1) is 25.1 Å². The maximum absolute atomic E-state index is 12.7. The third-order valence-corrected chi connectivity index (χ3v) is 5.37. The lowest BCUT2D eigenvalue weighted by molar-refractivity contribution is -0.126. The molecular weight excluding hydrogens is 346 g/mol. The molecule has 1 heterocycles. The number of benzene rings is 2. The van der Waals surface area contributed by atoms with Gasteiger partial charge in [-0.1, -0.05) is 61.2 Å². The fourth-order valence-corrected chi connectivity index (χ4v) is 3.61. The standard InChI is InChI=1S/C20H21N3O2S/c1-3-18-19(24)23(14-16-9-11-17(25-2)12-10-16)20(26-18)22-21-13-15-7-5-4-6-8-15/h4-13,18H,3,14H2,1-2H3/b21-13-,22-20-/t18-/m1/s1. The lowest BCUT2D eigenvalue weighted by atomic mass is 10.2. The lowest BCUT2D eigenvalue weighted by Crippen LogP contribution is -2.31. The van der Waals surface area contributed by atoms with Crippen LogP contribution in [-0.4, -0.2) is 34.5 Å². The average molecular weight is 367 g/mol. The third-order valence-electron chi connectivity index (χ3n) is 4.04. The van der Waals surface area contributed by atoms with Gasteiger partial charge in [0.25, 0.3) is 0 Å². The first kappa shape index (κ1) is 18.2. The van der Waals surface area contributed by atoms with Crippen LogP contribution in [0.15, 0.2) is 64.8 Å². The number of carbonyl (C=O) groups is 1. The number of nitrogens with zero attached hydrogens (tertiary/aromatic N) is 3. The van der Waals surface area contributed by atoms with Crippen molar-refractivity contribution in [1.82, 2.24) is 4.90 Å². The van der Waals surface area contributed by atoms with Crippen LogP contribution in [0.3, 0.4) is 0 Å². The van der Waals surface area contributed by atoms with Gasteiger partial charge in [-0.25, -0.2) is 0 Å². The molecule has 1 aliphatic heterocycles. The number of amidine groups is 1. The second kappa shape index (κ2) is 8.67. The molecule has 5 nitrogen and oxygen atoms in total. The van der Waals surface area contributed by atoms with Crippen LogP contribution in [0, 0.1) is 0 Å².